The van der Waals surface area contributed by atoms with Crippen LogP contribution in [0.4, 0.5) is 5.95 Å². The van der Waals surface area contributed by atoms with E-state index in [1.165, 1.54) is 5.56 Å². The van der Waals surface area contributed by atoms with Crippen molar-refractivity contribution in [3.05, 3.63) is 41.6 Å². The smallest absolute Gasteiger partial charge is 0.225 e. The van der Waals surface area contributed by atoms with Gasteiger partial charge in [0.05, 0.1) is 0 Å². The summed E-state index contributed by atoms with van der Waals surface area (Å²) in [5.41, 5.74) is 2.12. The van der Waals surface area contributed by atoms with E-state index in [-0.39, 0.29) is 0 Å². The normalized spacial score (nSPS) is 10.6. The number of aryl methyl sites for hydroxylation is 1. The molecule has 0 saturated heterocycles. The van der Waals surface area contributed by atoms with Crippen LogP contribution in [0.15, 0.2) is 30.3 Å². The molecule has 0 fully saturated rings. The van der Waals surface area contributed by atoms with E-state index in [9.17, 15) is 0 Å². The molecule has 0 unspecified atom stereocenters. The summed E-state index contributed by atoms with van der Waals surface area (Å²) in [6.45, 7) is 6.24. The van der Waals surface area contributed by atoms with E-state index in [0.717, 1.165) is 11.4 Å². The van der Waals surface area contributed by atoms with Crippen molar-refractivity contribution in [1.82, 2.24) is 9.97 Å². The van der Waals surface area contributed by atoms with E-state index < -0.39 is 0 Å². The third-order valence-corrected chi connectivity index (χ3v) is 2.80. The van der Waals surface area contributed by atoms with Crippen molar-refractivity contribution in [2.24, 2.45) is 0 Å². The maximum absolute atomic E-state index is 5.80. The lowest BCUT2D eigenvalue weighted by Gasteiger charge is -2.10. The Balaban J connectivity index is 2.25. The van der Waals surface area contributed by atoms with Crippen LogP contribution in [0.1, 0.15) is 31.0 Å². The molecular weight excluding hydrogens is 238 g/mol. The number of hydrogen-bond acceptors (Lipinski definition) is 4. The zero-order valence-corrected chi connectivity index (χ0v) is 11.8. The van der Waals surface area contributed by atoms with Gasteiger partial charge in [0.1, 0.15) is 5.75 Å². The maximum atomic E-state index is 5.80. The van der Waals surface area contributed by atoms with Crippen LogP contribution in [0.2, 0.25) is 0 Å². The Morgan fingerprint density at radius 2 is 1.95 bits per heavy atom. The summed E-state index contributed by atoms with van der Waals surface area (Å²) in [4.78, 5) is 8.51. The van der Waals surface area contributed by atoms with Crippen LogP contribution in [-0.2, 0) is 0 Å². The molecule has 0 radical (unpaired) electrons. The quantitative estimate of drug-likeness (QED) is 0.906. The number of aromatic nitrogens is 2. The molecular formula is C15H19N3O. The minimum atomic E-state index is 0.476. The molecule has 1 aromatic heterocycles. The monoisotopic (exact) mass is 257 g/mol. The summed E-state index contributed by atoms with van der Waals surface area (Å²) in [6, 6.07) is 9.89. The summed E-state index contributed by atoms with van der Waals surface area (Å²) in [6.07, 6.45) is 0. The number of benzene rings is 1. The van der Waals surface area contributed by atoms with Crippen molar-refractivity contribution >= 4 is 5.95 Å². The summed E-state index contributed by atoms with van der Waals surface area (Å²) in [5.74, 6) is 2.39. The summed E-state index contributed by atoms with van der Waals surface area (Å²) in [5, 5.41) is 2.92. The molecule has 0 aliphatic heterocycles. The predicted molar refractivity (Wildman–Crippen MR) is 76.9 cm³/mol. The first-order chi connectivity index (χ1) is 9.08. The first kappa shape index (κ1) is 13.3. The van der Waals surface area contributed by atoms with Crippen molar-refractivity contribution in [3.63, 3.8) is 0 Å². The van der Waals surface area contributed by atoms with Crippen LogP contribution < -0.4 is 10.1 Å². The lowest BCUT2D eigenvalue weighted by atomic mass is 10.0. The molecule has 0 amide bonds. The first-order valence-electron chi connectivity index (χ1n) is 6.39. The molecule has 19 heavy (non-hydrogen) atoms. The Morgan fingerprint density at radius 3 is 2.63 bits per heavy atom. The summed E-state index contributed by atoms with van der Waals surface area (Å²) in [7, 11) is 1.79. The fraction of sp³-hybridized carbons (Fsp3) is 0.333. The molecule has 2 aromatic rings. The zero-order chi connectivity index (χ0) is 13.8. The van der Waals surface area contributed by atoms with Gasteiger partial charge in [-0.3, -0.25) is 0 Å². The van der Waals surface area contributed by atoms with Crippen LogP contribution in [0.3, 0.4) is 0 Å². The molecule has 1 aromatic carbocycles. The average molecular weight is 257 g/mol. The molecule has 0 spiro atoms. The Bertz CT molecular complexity index is 567. The Hall–Kier alpha value is -2.10. The number of hydrogen-bond donors (Lipinski definition) is 1. The lowest BCUT2D eigenvalue weighted by Crippen LogP contribution is -1.99. The van der Waals surface area contributed by atoms with E-state index in [2.05, 4.69) is 35.2 Å². The van der Waals surface area contributed by atoms with Gasteiger partial charge in [-0.25, -0.2) is 4.98 Å². The van der Waals surface area contributed by atoms with Gasteiger partial charge in [-0.05, 0) is 30.5 Å². The van der Waals surface area contributed by atoms with E-state index in [4.69, 9.17) is 4.74 Å². The number of anilines is 1. The van der Waals surface area contributed by atoms with Gasteiger partial charge in [-0.1, -0.05) is 26.0 Å². The van der Waals surface area contributed by atoms with Crippen molar-refractivity contribution in [2.45, 2.75) is 26.7 Å². The third-order valence-electron chi connectivity index (χ3n) is 2.80. The average Bonchev–Trinajstić information content (AvgIpc) is 2.38. The van der Waals surface area contributed by atoms with E-state index in [1.54, 1.807) is 7.05 Å². The van der Waals surface area contributed by atoms with Gasteiger partial charge >= 0.3 is 0 Å². The van der Waals surface area contributed by atoms with E-state index >= 15 is 0 Å². The fourth-order valence-electron chi connectivity index (χ4n) is 1.76. The second-order valence-electron chi connectivity index (χ2n) is 4.75. The molecule has 4 nitrogen and oxygen atoms in total. The van der Waals surface area contributed by atoms with Gasteiger partial charge in [-0.2, -0.15) is 4.98 Å². The predicted octanol–water partition coefficient (Wildman–Crippen LogP) is 3.74. The molecule has 1 N–H and O–H groups in total. The Kier molecular flexibility index (Phi) is 4.00. The zero-order valence-electron chi connectivity index (χ0n) is 11.8. The van der Waals surface area contributed by atoms with E-state index in [0.29, 0.717) is 17.7 Å². The number of nitrogens with zero attached hydrogens (tertiary/aromatic N) is 2. The topological polar surface area (TPSA) is 47.0 Å². The Labute approximate surface area is 113 Å². The van der Waals surface area contributed by atoms with Crippen LogP contribution in [0.25, 0.3) is 0 Å². The van der Waals surface area contributed by atoms with Crippen molar-refractivity contribution in [1.29, 1.82) is 0 Å². The molecule has 0 aliphatic rings. The van der Waals surface area contributed by atoms with Gasteiger partial charge in [0.15, 0.2) is 0 Å². The van der Waals surface area contributed by atoms with Gasteiger partial charge in [0.2, 0.25) is 11.8 Å². The van der Waals surface area contributed by atoms with Gasteiger partial charge in [0, 0.05) is 18.8 Å². The molecule has 2 rings (SSSR count). The van der Waals surface area contributed by atoms with Crippen LogP contribution in [0, 0.1) is 6.92 Å². The Morgan fingerprint density at radius 1 is 1.16 bits per heavy atom. The number of nitrogens with one attached hydrogen (secondary N) is 1. The van der Waals surface area contributed by atoms with Gasteiger partial charge in [-0.15, -0.1) is 0 Å². The molecule has 0 bridgehead atoms. The number of rotatable bonds is 4. The third kappa shape index (κ3) is 3.44. The second kappa shape index (κ2) is 5.69. The summed E-state index contributed by atoms with van der Waals surface area (Å²) >= 11 is 0. The largest absolute Gasteiger partial charge is 0.439 e. The number of ether oxygens (including phenoxy) is 1. The second-order valence-corrected chi connectivity index (χ2v) is 4.75. The SMILES string of the molecule is CNc1nc(C)cc(Oc2cccc(C(C)C)c2)n1. The highest BCUT2D eigenvalue weighted by atomic mass is 16.5. The van der Waals surface area contributed by atoms with Crippen molar-refractivity contribution < 1.29 is 4.74 Å². The molecule has 1 heterocycles. The highest BCUT2D eigenvalue weighted by molar-refractivity contribution is 5.35. The van der Waals surface area contributed by atoms with Crippen molar-refractivity contribution in [3.8, 4) is 11.6 Å². The molecule has 0 aliphatic carbocycles. The molecule has 100 valence electrons. The van der Waals surface area contributed by atoms with Crippen LogP contribution in [-0.4, -0.2) is 17.0 Å². The van der Waals surface area contributed by atoms with Crippen LogP contribution >= 0.6 is 0 Å². The van der Waals surface area contributed by atoms with Crippen molar-refractivity contribution in [2.75, 3.05) is 12.4 Å². The van der Waals surface area contributed by atoms with Gasteiger partial charge in [0.25, 0.3) is 0 Å². The minimum Gasteiger partial charge on any atom is -0.439 e. The highest BCUT2D eigenvalue weighted by Crippen LogP contribution is 2.24. The fourth-order valence-corrected chi connectivity index (χ4v) is 1.76. The van der Waals surface area contributed by atoms with Gasteiger partial charge < -0.3 is 10.1 Å². The highest BCUT2D eigenvalue weighted by Gasteiger charge is 2.05. The first-order valence-corrected chi connectivity index (χ1v) is 6.39. The van der Waals surface area contributed by atoms with E-state index in [1.807, 2.05) is 31.2 Å². The minimum absolute atomic E-state index is 0.476. The maximum Gasteiger partial charge on any atom is 0.225 e. The summed E-state index contributed by atoms with van der Waals surface area (Å²) < 4.78 is 5.80. The standard InChI is InChI=1S/C15H19N3O/c1-10(2)12-6-5-7-13(9-12)19-14-8-11(3)17-15(16-4)18-14/h5-10H,1-4H3,(H,16,17,18). The molecule has 0 atom stereocenters. The molecule has 0 saturated carbocycles. The molecule has 4 heteroatoms. The lowest BCUT2D eigenvalue weighted by molar-refractivity contribution is 0.461. The van der Waals surface area contributed by atoms with Crippen LogP contribution in [0.5, 0.6) is 11.6 Å².